The number of alkyl halides is 3. The number of halogens is 3. The Morgan fingerprint density at radius 1 is 1.32 bits per heavy atom. The molecule has 0 saturated carbocycles. The van der Waals surface area contributed by atoms with Crippen molar-refractivity contribution in [1.82, 2.24) is 25.1 Å². The maximum Gasteiger partial charge on any atom is 0.425 e. The van der Waals surface area contributed by atoms with Gasteiger partial charge in [-0.05, 0) is 26.7 Å². The third kappa shape index (κ3) is 4.57. The van der Waals surface area contributed by atoms with Crippen LogP contribution in [0.1, 0.15) is 43.0 Å². The lowest BCUT2D eigenvalue weighted by molar-refractivity contribution is -0.200. The molecule has 156 valence electrons. The van der Waals surface area contributed by atoms with Crippen LogP contribution in [0.4, 0.5) is 18.0 Å². The second-order valence-corrected chi connectivity index (χ2v) is 7.48. The Kier molecular flexibility index (Phi) is 5.55. The number of nitrogens with one attached hydrogen (secondary N) is 2. The molecule has 2 N–H and O–H groups in total. The summed E-state index contributed by atoms with van der Waals surface area (Å²) in [6.07, 6.45) is -5.21. The maximum absolute atomic E-state index is 12.6. The predicted molar refractivity (Wildman–Crippen MR) is 92.6 cm³/mol. The van der Waals surface area contributed by atoms with Crippen LogP contribution in [0.2, 0.25) is 0 Å². The number of aromatic nitrogens is 2. The molecule has 0 aromatic carbocycles. The number of piperidine rings is 1. The fraction of sp³-hybridized carbons (Fsp3) is 0.706. The summed E-state index contributed by atoms with van der Waals surface area (Å²) in [5, 5.41) is 6.14. The highest BCUT2D eigenvalue weighted by Crippen LogP contribution is 2.26. The summed E-state index contributed by atoms with van der Waals surface area (Å²) < 4.78 is 44.0. The van der Waals surface area contributed by atoms with Crippen LogP contribution in [0.3, 0.4) is 0 Å². The van der Waals surface area contributed by atoms with Crippen LogP contribution in [0.25, 0.3) is 0 Å². The Hall–Kier alpha value is -2.30. The highest BCUT2D eigenvalue weighted by atomic mass is 19.4. The van der Waals surface area contributed by atoms with Crippen LogP contribution < -0.4 is 10.6 Å². The lowest BCUT2D eigenvalue weighted by Gasteiger charge is -2.39. The van der Waals surface area contributed by atoms with Crippen LogP contribution in [0.5, 0.6) is 0 Å². The van der Waals surface area contributed by atoms with Crippen molar-refractivity contribution in [3.63, 3.8) is 0 Å². The van der Waals surface area contributed by atoms with E-state index in [1.807, 2.05) is 11.5 Å². The number of hydrogen-bond acceptors (Lipinski definition) is 5. The number of amides is 2. The Morgan fingerprint density at radius 2 is 2.00 bits per heavy atom. The van der Waals surface area contributed by atoms with Gasteiger partial charge in [0.2, 0.25) is 0 Å². The van der Waals surface area contributed by atoms with Gasteiger partial charge in [0, 0.05) is 37.9 Å². The first-order chi connectivity index (χ1) is 13.1. The van der Waals surface area contributed by atoms with Crippen molar-refractivity contribution in [2.24, 2.45) is 0 Å². The van der Waals surface area contributed by atoms with Gasteiger partial charge in [-0.3, -0.25) is 4.79 Å². The average molecular weight is 403 g/mol. The monoisotopic (exact) mass is 403 g/mol. The first-order valence-corrected chi connectivity index (χ1v) is 9.19. The van der Waals surface area contributed by atoms with E-state index in [0.29, 0.717) is 25.1 Å². The summed E-state index contributed by atoms with van der Waals surface area (Å²) >= 11 is 0. The molecular formula is C17H24F3N5O3. The number of ether oxygens (including phenoxy) is 1. The number of carbonyl (C=O) groups is 2. The molecular weight excluding hydrogens is 379 g/mol. The number of carbonyl (C=O) groups excluding carboxylic acids is 2. The summed E-state index contributed by atoms with van der Waals surface area (Å²) in [6, 6.07) is 0. The zero-order chi connectivity index (χ0) is 20.5. The molecule has 2 amide bonds. The summed E-state index contributed by atoms with van der Waals surface area (Å²) in [5.41, 5.74) is -0.243. The second kappa shape index (κ2) is 7.61. The number of imidazole rings is 1. The molecule has 0 spiro atoms. The standard InChI is InChI=1S/C17H24F3N5O3/c1-11(17(18,19)20)28-15(27)24-6-3-16(2,4-7-24)23-14(26)12-10-25-8-5-21-9-13(25)22-12/h10-11,21H,3-9H2,1-2H3,(H,23,26). The van der Waals surface area contributed by atoms with Crippen molar-refractivity contribution in [2.75, 3.05) is 19.6 Å². The largest absolute Gasteiger partial charge is 0.437 e. The van der Waals surface area contributed by atoms with Crippen molar-refractivity contribution in [2.45, 2.75) is 57.6 Å². The molecule has 1 saturated heterocycles. The minimum absolute atomic E-state index is 0.198. The van der Waals surface area contributed by atoms with Gasteiger partial charge < -0.3 is 24.8 Å². The number of fused-ring (bicyclic) bond motifs is 1. The Labute approximate surface area is 160 Å². The normalized spacial score (nSPS) is 20.2. The zero-order valence-corrected chi connectivity index (χ0v) is 15.8. The van der Waals surface area contributed by atoms with Gasteiger partial charge in [0.05, 0.1) is 6.54 Å². The fourth-order valence-electron chi connectivity index (χ4n) is 3.24. The first kappa shape index (κ1) is 20.4. The van der Waals surface area contributed by atoms with Crippen molar-refractivity contribution in [3.8, 4) is 0 Å². The van der Waals surface area contributed by atoms with E-state index < -0.39 is 23.9 Å². The van der Waals surface area contributed by atoms with Crippen molar-refractivity contribution < 1.29 is 27.5 Å². The van der Waals surface area contributed by atoms with Crippen LogP contribution in [0, 0.1) is 0 Å². The lowest BCUT2D eigenvalue weighted by atomic mass is 9.89. The quantitative estimate of drug-likeness (QED) is 0.802. The van der Waals surface area contributed by atoms with Gasteiger partial charge in [-0.1, -0.05) is 0 Å². The molecule has 0 radical (unpaired) electrons. The van der Waals surface area contributed by atoms with E-state index in [-0.39, 0.29) is 19.0 Å². The van der Waals surface area contributed by atoms with E-state index in [9.17, 15) is 22.8 Å². The van der Waals surface area contributed by atoms with E-state index in [2.05, 4.69) is 20.4 Å². The molecule has 0 aliphatic carbocycles. The maximum atomic E-state index is 12.6. The van der Waals surface area contributed by atoms with Gasteiger partial charge in [0.25, 0.3) is 5.91 Å². The summed E-state index contributed by atoms with van der Waals surface area (Å²) in [6.45, 7) is 5.22. The SMILES string of the molecule is CC(OC(=O)N1CCC(C)(NC(=O)c2cn3c(n2)CNCC3)CC1)C(F)(F)F. The highest BCUT2D eigenvalue weighted by molar-refractivity contribution is 5.92. The molecule has 0 bridgehead atoms. The molecule has 3 rings (SSSR count). The molecule has 11 heteroatoms. The molecule has 2 aliphatic rings. The number of rotatable bonds is 3. The lowest BCUT2D eigenvalue weighted by Crippen LogP contribution is -2.54. The molecule has 1 aromatic rings. The molecule has 28 heavy (non-hydrogen) atoms. The van der Waals surface area contributed by atoms with Gasteiger partial charge in [0.15, 0.2) is 6.10 Å². The number of hydrogen-bond donors (Lipinski definition) is 2. The van der Waals surface area contributed by atoms with Gasteiger partial charge in [-0.15, -0.1) is 0 Å². The third-order valence-corrected chi connectivity index (χ3v) is 5.18. The summed E-state index contributed by atoms with van der Waals surface area (Å²) in [4.78, 5) is 30.1. The van der Waals surface area contributed by atoms with Crippen LogP contribution in [-0.2, 0) is 17.8 Å². The third-order valence-electron chi connectivity index (χ3n) is 5.18. The predicted octanol–water partition coefficient (Wildman–Crippen LogP) is 1.66. The summed E-state index contributed by atoms with van der Waals surface area (Å²) in [7, 11) is 0. The minimum Gasteiger partial charge on any atom is -0.437 e. The van der Waals surface area contributed by atoms with Gasteiger partial charge in [-0.2, -0.15) is 13.2 Å². The van der Waals surface area contributed by atoms with Crippen molar-refractivity contribution in [1.29, 1.82) is 0 Å². The van der Waals surface area contributed by atoms with Gasteiger partial charge in [-0.25, -0.2) is 9.78 Å². The Bertz CT molecular complexity index is 717. The molecule has 3 heterocycles. The van der Waals surface area contributed by atoms with E-state index in [4.69, 9.17) is 0 Å². The zero-order valence-electron chi connectivity index (χ0n) is 15.8. The van der Waals surface area contributed by atoms with Gasteiger partial charge in [0.1, 0.15) is 11.5 Å². The molecule has 1 unspecified atom stereocenters. The Morgan fingerprint density at radius 3 is 2.61 bits per heavy atom. The molecule has 2 aliphatic heterocycles. The minimum atomic E-state index is -4.59. The van der Waals surface area contributed by atoms with Crippen LogP contribution in [-0.4, -0.2) is 63.9 Å². The van der Waals surface area contributed by atoms with E-state index in [1.165, 1.54) is 4.90 Å². The Balaban J connectivity index is 1.53. The number of nitrogens with zero attached hydrogens (tertiary/aromatic N) is 3. The van der Waals surface area contributed by atoms with Crippen LogP contribution >= 0.6 is 0 Å². The van der Waals surface area contributed by atoms with Crippen molar-refractivity contribution >= 4 is 12.0 Å². The number of likely N-dealkylation sites (tertiary alicyclic amines) is 1. The van der Waals surface area contributed by atoms with E-state index in [1.54, 1.807) is 6.20 Å². The highest BCUT2D eigenvalue weighted by Gasteiger charge is 2.41. The van der Waals surface area contributed by atoms with Gasteiger partial charge >= 0.3 is 12.3 Å². The van der Waals surface area contributed by atoms with E-state index >= 15 is 0 Å². The fourth-order valence-corrected chi connectivity index (χ4v) is 3.24. The second-order valence-electron chi connectivity index (χ2n) is 7.48. The van der Waals surface area contributed by atoms with E-state index in [0.717, 1.165) is 25.8 Å². The smallest absolute Gasteiger partial charge is 0.425 e. The van der Waals surface area contributed by atoms with Crippen molar-refractivity contribution in [3.05, 3.63) is 17.7 Å². The molecule has 1 fully saturated rings. The molecule has 1 aromatic heterocycles. The average Bonchev–Trinajstić information content (AvgIpc) is 3.05. The molecule has 8 nitrogen and oxygen atoms in total. The summed E-state index contributed by atoms with van der Waals surface area (Å²) in [5.74, 6) is 0.504. The van der Waals surface area contributed by atoms with Crippen LogP contribution in [0.15, 0.2) is 6.20 Å². The topological polar surface area (TPSA) is 88.5 Å². The molecule has 1 atom stereocenters. The first-order valence-electron chi connectivity index (χ1n) is 9.19.